The summed E-state index contributed by atoms with van der Waals surface area (Å²) in [5.41, 5.74) is 10.3. The minimum atomic E-state index is 0.536. The summed E-state index contributed by atoms with van der Waals surface area (Å²) in [7, 11) is 0. The van der Waals surface area contributed by atoms with Crippen LogP contribution in [0.25, 0.3) is 16.6 Å². The van der Waals surface area contributed by atoms with Gasteiger partial charge in [0.15, 0.2) is 0 Å². The summed E-state index contributed by atoms with van der Waals surface area (Å²) in [6.45, 7) is 11.8. The summed E-state index contributed by atoms with van der Waals surface area (Å²) in [4.78, 5) is 8.34. The van der Waals surface area contributed by atoms with Crippen LogP contribution in [0.1, 0.15) is 37.6 Å². The zero-order chi connectivity index (χ0) is 17.9. The maximum absolute atomic E-state index is 5.68. The van der Waals surface area contributed by atoms with Gasteiger partial charge < -0.3 is 5.73 Å². The number of hydrogen-bond donors (Lipinski definition) is 1. The van der Waals surface area contributed by atoms with Gasteiger partial charge in [-0.1, -0.05) is 75.9 Å². The molecule has 0 unspecified atom stereocenters. The third-order valence-corrected chi connectivity index (χ3v) is 3.46. The van der Waals surface area contributed by atoms with E-state index in [0.717, 1.165) is 28.6 Å². The molecule has 0 saturated heterocycles. The van der Waals surface area contributed by atoms with Gasteiger partial charge in [0.25, 0.3) is 0 Å². The lowest BCUT2D eigenvalue weighted by atomic mass is 10.1. The Hall–Kier alpha value is -2.68. The SMILES string of the molecule is C=C(N)c1cccc2c(C)ncnc12.CC.CCc1ccccc1. The Morgan fingerprint density at radius 1 is 1.00 bits per heavy atom. The van der Waals surface area contributed by atoms with Crippen molar-refractivity contribution in [3.63, 3.8) is 0 Å². The van der Waals surface area contributed by atoms with Crippen molar-refractivity contribution in [1.82, 2.24) is 9.97 Å². The first kappa shape index (κ1) is 19.4. The van der Waals surface area contributed by atoms with Crippen LogP contribution in [0.5, 0.6) is 0 Å². The second-order valence-corrected chi connectivity index (χ2v) is 5.03. The van der Waals surface area contributed by atoms with Crippen molar-refractivity contribution >= 4 is 16.6 Å². The fourth-order valence-corrected chi connectivity index (χ4v) is 2.19. The van der Waals surface area contributed by atoms with Gasteiger partial charge in [-0.2, -0.15) is 0 Å². The lowest BCUT2D eigenvalue weighted by Crippen LogP contribution is -1.97. The lowest BCUT2D eigenvalue weighted by Gasteiger charge is -2.05. The molecule has 24 heavy (non-hydrogen) atoms. The van der Waals surface area contributed by atoms with Crippen LogP contribution in [-0.2, 0) is 6.42 Å². The van der Waals surface area contributed by atoms with Gasteiger partial charge in [-0.25, -0.2) is 9.97 Å². The van der Waals surface area contributed by atoms with Gasteiger partial charge in [0.05, 0.1) is 5.52 Å². The molecule has 0 atom stereocenters. The molecule has 1 heterocycles. The summed E-state index contributed by atoms with van der Waals surface area (Å²) in [5.74, 6) is 0. The normalized spacial score (nSPS) is 9.33. The van der Waals surface area contributed by atoms with Crippen LogP contribution in [0, 0.1) is 6.92 Å². The van der Waals surface area contributed by atoms with Crippen LogP contribution in [-0.4, -0.2) is 9.97 Å². The van der Waals surface area contributed by atoms with E-state index in [1.54, 1.807) is 6.33 Å². The maximum Gasteiger partial charge on any atom is 0.116 e. The molecule has 0 amide bonds. The highest BCUT2D eigenvalue weighted by Gasteiger charge is 2.04. The number of nitrogens with zero attached hydrogens (tertiary/aromatic N) is 2. The molecule has 126 valence electrons. The molecule has 0 spiro atoms. The molecular formula is C21H27N3. The summed E-state index contributed by atoms with van der Waals surface area (Å²) >= 11 is 0. The summed E-state index contributed by atoms with van der Waals surface area (Å²) in [5, 5.41) is 1.02. The molecule has 1 aromatic heterocycles. The summed E-state index contributed by atoms with van der Waals surface area (Å²) in [6.07, 6.45) is 2.69. The standard InChI is InChI=1S/C11H11N3.C8H10.C2H6/c1-7(12)9-4-3-5-10-8(2)13-6-14-11(9)10;1-2-8-6-4-3-5-7-8;1-2/h3-6H,1,12H2,2H3;3-7H,2H2,1H3;1-2H3. The van der Waals surface area contributed by atoms with Gasteiger partial charge in [0.2, 0.25) is 0 Å². The highest BCUT2D eigenvalue weighted by Crippen LogP contribution is 2.20. The number of aryl methyl sites for hydroxylation is 2. The van der Waals surface area contributed by atoms with Gasteiger partial charge in [-0.3, -0.25) is 0 Å². The molecule has 0 aliphatic carbocycles. The van der Waals surface area contributed by atoms with E-state index in [4.69, 9.17) is 5.73 Å². The Morgan fingerprint density at radius 3 is 2.21 bits per heavy atom. The number of nitrogens with two attached hydrogens (primary N) is 1. The van der Waals surface area contributed by atoms with E-state index in [9.17, 15) is 0 Å². The van der Waals surface area contributed by atoms with Crippen LogP contribution in [0.2, 0.25) is 0 Å². The van der Waals surface area contributed by atoms with Crippen molar-refractivity contribution in [2.45, 2.75) is 34.1 Å². The predicted octanol–water partition coefficient (Wildman–Crippen LogP) is 5.14. The van der Waals surface area contributed by atoms with Crippen molar-refractivity contribution in [2.24, 2.45) is 5.73 Å². The number of benzene rings is 2. The fourth-order valence-electron chi connectivity index (χ4n) is 2.19. The minimum absolute atomic E-state index is 0.536. The summed E-state index contributed by atoms with van der Waals surface area (Å²) in [6, 6.07) is 16.3. The molecule has 0 aliphatic heterocycles. The molecule has 0 bridgehead atoms. The van der Waals surface area contributed by atoms with Gasteiger partial charge in [-0.15, -0.1) is 0 Å². The molecule has 2 aromatic carbocycles. The van der Waals surface area contributed by atoms with E-state index in [1.165, 1.54) is 5.56 Å². The lowest BCUT2D eigenvalue weighted by molar-refractivity contribution is 1.14. The van der Waals surface area contributed by atoms with Gasteiger partial charge in [-0.05, 0) is 18.9 Å². The number of hydrogen-bond acceptors (Lipinski definition) is 3. The fraction of sp³-hybridized carbons (Fsp3) is 0.238. The second kappa shape index (κ2) is 10.2. The molecule has 3 nitrogen and oxygen atoms in total. The Labute approximate surface area is 145 Å². The smallest absolute Gasteiger partial charge is 0.116 e. The third-order valence-electron chi connectivity index (χ3n) is 3.46. The van der Waals surface area contributed by atoms with Gasteiger partial charge >= 0.3 is 0 Å². The van der Waals surface area contributed by atoms with Gasteiger partial charge in [0, 0.05) is 22.3 Å². The molecular weight excluding hydrogens is 294 g/mol. The molecule has 2 N–H and O–H groups in total. The first-order chi connectivity index (χ1) is 11.6. The van der Waals surface area contributed by atoms with Crippen molar-refractivity contribution in [2.75, 3.05) is 0 Å². The van der Waals surface area contributed by atoms with Crippen LogP contribution >= 0.6 is 0 Å². The molecule has 0 saturated carbocycles. The van der Waals surface area contributed by atoms with E-state index in [1.807, 2.05) is 45.0 Å². The van der Waals surface area contributed by atoms with Crippen LogP contribution in [0.15, 0.2) is 61.4 Å². The molecule has 0 fully saturated rings. The third kappa shape index (κ3) is 5.20. The molecule has 3 rings (SSSR count). The molecule has 0 aliphatic rings. The highest BCUT2D eigenvalue weighted by molar-refractivity contribution is 5.90. The average molecular weight is 321 g/mol. The second-order valence-electron chi connectivity index (χ2n) is 5.03. The van der Waals surface area contributed by atoms with E-state index in [0.29, 0.717) is 5.70 Å². The number of fused-ring (bicyclic) bond motifs is 1. The minimum Gasteiger partial charge on any atom is -0.399 e. The number of para-hydroxylation sites is 1. The van der Waals surface area contributed by atoms with Crippen molar-refractivity contribution in [1.29, 1.82) is 0 Å². The molecule has 3 heteroatoms. The van der Waals surface area contributed by atoms with E-state index < -0.39 is 0 Å². The van der Waals surface area contributed by atoms with Gasteiger partial charge in [0.1, 0.15) is 6.33 Å². The van der Waals surface area contributed by atoms with Crippen LogP contribution in [0.4, 0.5) is 0 Å². The summed E-state index contributed by atoms with van der Waals surface area (Å²) < 4.78 is 0. The average Bonchev–Trinajstić information content (AvgIpc) is 2.64. The molecule has 0 radical (unpaired) electrons. The van der Waals surface area contributed by atoms with Crippen molar-refractivity contribution < 1.29 is 0 Å². The zero-order valence-electron chi connectivity index (χ0n) is 15.1. The first-order valence-corrected chi connectivity index (χ1v) is 8.32. The predicted molar refractivity (Wildman–Crippen MR) is 105 cm³/mol. The van der Waals surface area contributed by atoms with Crippen molar-refractivity contribution in [3.8, 4) is 0 Å². The monoisotopic (exact) mass is 321 g/mol. The Kier molecular flexibility index (Phi) is 8.20. The number of rotatable bonds is 2. The van der Waals surface area contributed by atoms with Crippen LogP contribution < -0.4 is 5.73 Å². The highest BCUT2D eigenvalue weighted by atomic mass is 14.8. The van der Waals surface area contributed by atoms with E-state index in [2.05, 4.69) is 47.7 Å². The Morgan fingerprint density at radius 2 is 1.67 bits per heavy atom. The Balaban J connectivity index is 0.000000245. The topological polar surface area (TPSA) is 51.8 Å². The van der Waals surface area contributed by atoms with E-state index >= 15 is 0 Å². The quantitative estimate of drug-likeness (QED) is 0.710. The first-order valence-electron chi connectivity index (χ1n) is 8.32. The maximum atomic E-state index is 5.68. The Bertz CT molecular complexity index is 764. The van der Waals surface area contributed by atoms with Crippen molar-refractivity contribution in [3.05, 3.63) is 78.3 Å². The zero-order valence-corrected chi connectivity index (χ0v) is 15.1. The number of aromatic nitrogens is 2. The largest absolute Gasteiger partial charge is 0.399 e. The van der Waals surface area contributed by atoms with E-state index in [-0.39, 0.29) is 0 Å². The van der Waals surface area contributed by atoms with Crippen LogP contribution in [0.3, 0.4) is 0 Å². The molecule has 3 aromatic rings.